The van der Waals surface area contributed by atoms with Crippen molar-refractivity contribution in [2.45, 2.75) is 0 Å². The SMILES string of the molecule is NN(c1ccccc1[N+](=O)[O-])c1ncccc1C(=O)O. The predicted molar refractivity (Wildman–Crippen MR) is 70.6 cm³/mol. The van der Waals surface area contributed by atoms with Crippen molar-refractivity contribution in [1.29, 1.82) is 0 Å². The summed E-state index contributed by atoms with van der Waals surface area (Å²) >= 11 is 0. The van der Waals surface area contributed by atoms with Gasteiger partial charge in [-0.15, -0.1) is 0 Å². The zero-order valence-corrected chi connectivity index (χ0v) is 10.1. The van der Waals surface area contributed by atoms with Crippen LogP contribution in [0.4, 0.5) is 17.2 Å². The smallest absolute Gasteiger partial charge is 0.339 e. The lowest BCUT2D eigenvalue weighted by Crippen LogP contribution is -2.28. The van der Waals surface area contributed by atoms with Gasteiger partial charge in [0.25, 0.3) is 5.69 Å². The average Bonchev–Trinajstić information content (AvgIpc) is 2.46. The van der Waals surface area contributed by atoms with E-state index in [9.17, 15) is 14.9 Å². The Balaban J connectivity index is 2.55. The van der Waals surface area contributed by atoms with Crippen molar-refractivity contribution in [3.8, 4) is 0 Å². The number of hydrogen-bond donors (Lipinski definition) is 2. The number of carbonyl (C=O) groups is 1. The van der Waals surface area contributed by atoms with Crippen molar-refractivity contribution >= 4 is 23.2 Å². The number of aromatic nitrogens is 1. The molecule has 102 valence electrons. The van der Waals surface area contributed by atoms with Gasteiger partial charge in [0.1, 0.15) is 11.3 Å². The van der Waals surface area contributed by atoms with Gasteiger partial charge in [-0.25, -0.2) is 15.6 Å². The van der Waals surface area contributed by atoms with Gasteiger partial charge in [0, 0.05) is 12.3 Å². The lowest BCUT2D eigenvalue weighted by atomic mass is 10.2. The standard InChI is InChI=1S/C12H10N4O4/c13-15(9-5-1-2-6-10(9)16(19)20)11-8(12(17)18)4-3-7-14-11/h1-7H,13H2,(H,17,18). The first-order valence-corrected chi connectivity index (χ1v) is 5.49. The van der Waals surface area contributed by atoms with Crippen LogP contribution >= 0.6 is 0 Å². The van der Waals surface area contributed by atoms with Crippen LogP contribution in [-0.4, -0.2) is 21.0 Å². The number of anilines is 2. The van der Waals surface area contributed by atoms with Gasteiger partial charge >= 0.3 is 5.97 Å². The van der Waals surface area contributed by atoms with Gasteiger partial charge in [-0.3, -0.25) is 15.1 Å². The first kappa shape index (κ1) is 13.4. The lowest BCUT2D eigenvalue weighted by molar-refractivity contribution is -0.384. The summed E-state index contributed by atoms with van der Waals surface area (Å²) < 4.78 is 0. The molecule has 1 aromatic carbocycles. The maximum Gasteiger partial charge on any atom is 0.339 e. The second-order valence-electron chi connectivity index (χ2n) is 3.80. The van der Waals surface area contributed by atoms with Crippen molar-refractivity contribution in [1.82, 2.24) is 4.98 Å². The van der Waals surface area contributed by atoms with E-state index in [4.69, 9.17) is 10.9 Å². The molecule has 0 aliphatic rings. The minimum absolute atomic E-state index is 0.0544. The Morgan fingerprint density at radius 3 is 2.65 bits per heavy atom. The third-order valence-electron chi connectivity index (χ3n) is 2.58. The summed E-state index contributed by atoms with van der Waals surface area (Å²) in [6, 6.07) is 8.51. The number of carboxylic acids is 1. The van der Waals surface area contributed by atoms with Gasteiger partial charge in [-0.2, -0.15) is 0 Å². The fourth-order valence-electron chi connectivity index (χ4n) is 1.69. The summed E-state index contributed by atoms with van der Waals surface area (Å²) in [5.41, 5.74) is -0.330. The molecule has 0 saturated carbocycles. The first-order chi connectivity index (χ1) is 9.52. The minimum atomic E-state index is -1.22. The van der Waals surface area contributed by atoms with E-state index in [2.05, 4.69) is 4.98 Å². The molecule has 2 aromatic rings. The molecule has 8 nitrogen and oxygen atoms in total. The maximum absolute atomic E-state index is 11.1. The largest absolute Gasteiger partial charge is 0.478 e. The van der Waals surface area contributed by atoms with E-state index >= 15 is 0 Å². The molecular formula is C12H10N4O4. The molecule has 0 bridgehead atoms. The summed E-state index contributed by atoms with van der Waals surface area (Å²) in [6.45, 7) is 0. The van der Waals surface area contributed by atoms with Crippen molar-refractivity contribution in [3.05, 3.63) is 58.3 Å². The van der Waals surface area contributed by atoms with Crippen LogP contribution in [0.1, 0.15) is 10.4 Å². The number of aromatic carboxylic acids is 1. The number of benzene rings is 1. The predicted octanol–water partition coefficient (Wildman–Crippen LogP) is 1.70. The second kappa shape index (κ2) is 5.33. The molecule has 3 N–H and O–H groups in total. The van der Waals surface area contributed by atoms with E-state index in [1.54, 1.807) is 6.07 Å². The zero-order valence-electron chi connectivity index (χ0n) is 10.1. The number of nitrogens with zero attached hydrogens (tertiary/aromatic N) is 3. The van der Waals surface area contributed by atoms with Crippen molar-refractivity contribution in [3.63, 3.8) is 0 Å². The highest BCUT2D eigenvalue weighted by molar-refractivity contribution is 5.94. The fraction of sp³-hybridized carbons (Fsp3) is 0. The summed E-state index contributed by atoms with van der Waals surface area (Å²) in [5, 5.41) is 20.9. The van der Waals surface area contributed by atoms with Gasteiger partial charge in [0.15, 0.2) is 5.82 Å². The molecule has 0 aliphatic heterocycles. The Labute approximate surface area is 113 Å². The number of nitro benzene ring substituents is 1. The molecule has 8 heteroatoms. The lowest BCUT2D eigenvalue weighted by Gasteiger charge is -2.18. The normalized spacial score (nSPS) is 10.1. The van der Waals surface area contributed by atoms with E-state index in [1.807, 2.05) is 0 Å². The first-order valence-electron chi connectivity index (χ1n) is 5.49. The number of hydrogen-bond acceptors (Lipinski definition) is 6. The molecular weight excluding hydrogens is 264 g/mol. The molecule has 0 aliphatic carbocycles. The van der Waals surface area contributed by atoms with Crippen LogP contribution in [0.2, 0.25) is 0 Å². The molecule has 1 aromatic heterocycles. The van der Waals surface area contributed by atoms with Crippen LogP contribution in [0, 0.1) is 10.1 Å². The van der Waals surface area contributed by atoms with Crippen molar-refractivity contribution < 1.29 is 14.8 Å². The average molecular weight is 274 g/mol. The third kappa shape index (κ3) is 2.40. The van der Waals surface area contributed by atoms with Gasteiger partial charge in [0.05, 0.1) is 4.92 Å². The molecule has 0 unspecified atom stereocenters. The molecule has 0 amide bonds. The van der Waals surface area contributed by atoms with Crippen molar-refractivity contribution in [2.24, 2.45) is 5.84 Å². The van der Waals surface area contributed by atoms with Gasteiger partial charge in [-0.05, 0) is 18.2 Å². The maximum atomic E-state index is 11.1. The van der Waals surface area contributed by atoms with Crippen LogP contribution in [0.3, 0.4) is 0 Å². The van der Waals surface area contributed by atoms with Gasteiger partial charge in [0.2, 0.25) is 0 Å². The number of hydrazine groups is 1. The highest BCUT2D eigenvalue weighted by Gasteiger charge is 2.22. The second-order valence-corrected chi connectivity index (χ2v) is 3.80. The molecule has 0 atom stereocenters. The topological polar surface area (TPSA) is 123 Å². The zero-order chi connectivity index (χ0) is 14.7. The number of nitro groups is 1. The van der Waals surface area contributed by atoms with Gasteiger partial charge < -0.3 is 5.11 Å². The number of nitrogens with two attached hydrogens (primary N) is 1. The van der Waals surface area contributed by atoms with Crippen LogP contribution in [0.5, 0.6) is 0 Å². The van der Waals surface area contributed by atoms with Crippen LogP contribution in [0.15, 0.2) is 42.6 Å². The Kier molecular flexibility index (Phi) is 3.58. The number of para-hydroxylation sites is 2. The monoisotopic (exact) mass is 274 g/mol. The van der Waals surface area contributed by atoms with Crippen molar-refractivity contribution in [2.75, 3.05) is 5.01 Å². The van der Waals surface area contributed by atoms with E-state index in [0.29, 0.717) is 0 Å². The van der Waals surface area contributed by atoms with E-state index in [0.717, 1.165) is 5.01 Å². The molecule has 0 saturated heterocycles. The molecule has 0 spiro atoms. The summed E-state index contributed by atoms with van der Waals surface area (Å²) in [4.78, 5) is 25.4. The minimum Gasteiger partial charge on any atom is -0.478 e. The Hall–Kier alpha value is -3.00. The number of pyridine rings is 1. The number of rotatable bonds is 4. The van der Waals surface area contributed by atoms with E-state index in [-0.39, 0.29) is 22.8 Å². The fourth-order valence-corrected chi connectivity index (χ4v) is 1.69. The molecule has 0 fully saturated rings. The highest BCUT2D eigenvalue weighted by Crippen LogP contribution is 2.31. The van der Waals surface area contributed by atoms with Crippen LogP contribution < -0.4 is 10.9 Å². The molecule has 2 rings (SSSR count). The van der Waals surface area contributed by atoms with E-state index in [1.165, 1.54) is 36.5 Å². The van der Waals surface area contributed by atoms with E-state index < -0.39 is 10.9 Å². The highest BCUT2D eigenvalue weighted by atomic mass is 16.6. The van der Waals surface area contributed by atoms with Crippen LogP contribution in [-0.2, 0) is 0 Å². The molecule has 0 radical (unpaired) electrons. The Morgan fingerprint density at radius 1 is 1.30 bits per heavy atom. The quantitative estimate of drug-likeness (QED) is 0.494. The Morgan fingerprint density at radius 2 is 2.00 bits per heavy atom. The van der Waals surface area contributed by atoms with Gasteiger partial charge in [-0.1, -0.05) is 12.1 Å². The summed E-state index contributed by atoms with van der Waals surface area (Å²) in [6.07, 6.45) is 1.36. The van der Waals surface area contributed by atoms with Crippen LogP contribution in [0.25, 0.3) is 0 Å². The summed E-state index contributed by atoms with van der Waals surface area (Å²) in [5.74, 6) is 4.50. The molecule has 20 heavy (non-hydrogen) atoms. The Bertz CT molecular complexity index is 617. The third-order valence-corrected chi connectivity index (χ3v) is 2.58. The molecule has 1 heterocycles. The number of carboxylic acid groups (broad SMARTS) is 1. The summed E-state index contributed by atoms with van der Waals surface area (Å²) in [7, 11) is 0.